The van der Waals surface area contributed by atoms with Crippen molar-refractivity contribution in [3.63, 3.8) is 0 Å². The first-order valence-corrected chi connectivity index (χ1v) is 7.68. The second-order valence-electron chi connectivity index (χ2n) is 5.69. The molecule has 1 aliphatic rings. The number of hydrogen-bond acceptors (Lipinski definition) is 5. The predicted octanol–water partition coefficient (Wildman–Crippen LogP) is 0.322. The van der Waals surface area contributed by atoms with Gasteiger partial charge in [-0.05, 0) is 11.6 Å². The summed E-state index contributed by atoms with van der Waals surface area (Å²) in [6.45, 7) is 0.625. The number of β-amino-alcohol motifs (C(OH)–C–C–N with tert-alkyl or cyclic N) is 1. The van der Waals surface area contributed by atoms with Gasteiger partial charge in [0.25, 0.3) is 5.91 Å². The number of aromatic nitrogens is 2. The largest absolute Gasteiger partial charge is 0.389 e. The van der Waals surface area contributed by atoms with Crippen LogP contribution in [0.3, 0.4) is 0 Å². The first kappa shape index (κ1) is 16.1. The van der Waals surface area contributed by atoms with Crippen LogP contribution in [0, 0.1) is 0 Å². The molecule has 1 unspecified atom stereocenters. The van der Waals surface area contributed by atoms with E-state index in [-0.39, 0.29) is 37.1 Å². The Bertz CT molecular complexity index is 708. The quantitative estimate of drug-likeness (QED) is 0.878. The monoisotopic (exact) mass is 326 g/mol. The molecular weight excluding hydrogens is 308 g/mol. The van der Waals surface area contributed by atoms with Crippen molar-refractivity contribution in [1.82, 2.24) is 19.8 Å². The first-order chi connectivity index (χ1) is 11.6. The number of hydrogen-bond donors (Lipinski definition) is 1. The molecule has 3 rings (SSSR count). The first-order valence-electron chi connectivity index (χ1n) is 7.68. The van der Waals surface area contributed by atoms with Crippen LogP contribution >= 0.6 is 0 Å². The third-order valence-electron chi connectivity index (χ3n) is 3.85. The van der Waals surface area contributed by atoms with Crippen LogP contribution in [-0.2, 0) is 11.3 Å². The van der Waals surface area contributed by atoms with Crippen LogP contribution in [0.2, 0.25) is 0 Å². The highest BCUT2D eigenvalue weighted by Crippen LogP contribution is 2.12. The molecule has 1 atom stereocenters. The van der Waals surface area contributed by atoms with Crippen LogP contribution in [0.15, 0.2) is 48.9 Å². The van der Waals surface area contributed by atoms with Crippen LogP contribution in [-0.4, -0.2) is 62.4 Å². The summed E-state index contributed by atoms with van der Waals surface area (Å²) in [5.74, 6) is -0.579. The van der Waals surface area contributed by atoms with Crippen LogP contribution < -0.4 is 0 Å². The lowest BCUT2D eigenvalue weighted by molar-refractivity contribution is -0.131. The van der Waals surface area contributed by atoms with Crippen LogP contribution in [0.25, 0.3) is 0 Å². The highest BCUT2D eigenvalue weighted by molar-refractivity contribution is 5.95. The molecule has 0 spiro atoms. The summed E-state index contributed by atoms with van der Waals surface area (Å²) in [6, 6.07) is 11.1. The number of aliphatic hydroxyl groups excluding tert-OH is 1. The minimum atomic E-state index is -0.800. The van der Waals surface area contributed by atoms with Gasteiger partial charge in [0, 0.05) is 25.8 Å². The number of carbonyl (C=O) groups excluding carboxylic acids is 2. The molecule has 7 nitrogen and oxygen atoms in total. The van der Waals surface area contributed by atoms with Gasteiger partial charge in [-0.3, -0.25) is 9.59 Å². The lowest BCUT2D eigenvalue weighted by Crippen LogP contribution is -2.39. The van der Waals surface area contributed by atoms with Gasteiger partial charge in [0.2, 0.25) is 5.91 Å². The Morgan fingerprint density at radius 2 is 2.00 bits per heavy atom. The number of benzene rings is 1. The van der Waals surface area contributed by atoms with Gasteiger partial charge in [-0.1, -0.05) is 30.3 Å². The van der Waals surface area contributed by atoms with E-state index in [1.165, 1.54) is 23.5 Å². The fourth-order valence-electron chi connectivity index (χ4n) is 2.69. The zero-order chi connectivity index (χ0) is 16.9. The maximum absolute atomic E-state index is 12.5. The zero-order valence-corrected chi connectivity index (χ0v) is 13.1. The Labute approximate surface area is 139 Å². The van der Waals surface area contributed by atoms with E-state index in [2.05, 4.69) is 9.97 Å². The highest BCUT2D eigenvalue weighted by Gasteiger charge is 2.30. The second-order valence-corrected chi connectivity index (χ2v) is 5.69. The predicted molar refractivity (Wildman–Crippen MR) is 85.8 cm³/mol. The van der Waals surface area contributed by atoms with E-state index in [0.29, 0.717) is 6.54 Å². The molecule has 2 aromatic rings. The van der Waals surface area contributed by atoms with Gasteiger partial charge in [-0.15, -0.1) is 0 Å². The van der Waals surface area contributed by atoms with E-state index in [1.54, 1.807) is 4.90 Å². The summed E-state index contributed by atoms with van der Waals surface area (Å²) in [7, 11) is 0. The number of aliphatic hydroxyl groups is 1. The molecular formula is C17H18N4O3. The van der Waals surface area contributed by atoms with Crippen molar-refractivity contribution in [2.45, 2.75) is 12.6 Å². The highest BCUT2D eigenvalue weighted by atomic mass is 16.3. The summed E-state index contributed by atoms with van der Waals surface area (Å²) in [6.07, 6.45) is 1.95. The molecule has 2 amide bonds. The number of nitrogens with zero attached hydrogens (tertiary/aromatic N) is 4. The average molecular weight is 326 g/mol. The Morgan fingerprint density at radius 3 is 2.71 bits per heavy atom. The lowest BCUT2D eigenvalue weighted by Gasteiger charge is -2.21. The number of carbonyl (C=O) groups is 2. The Morgan fingerprint density at radius 1 is 1.21 bits per heavy atom. The lowest BCUT2D eigenvalue weighted by atomic mass is 10.2. The van der Waals surface area contributed by atoms with Crippen molar-refractivity contribution in [2.24, 2.45) is 0 Å². The normalized spacial score (nSPS) is 18.4. The molecule has 124 valence electrons. The van der Waals surface area contributed by atoms with Crippen molar-refractivity contribution in [2.75, 3.05) is 19.6 Å². The number of amides is 2. The maximum atomic E-state index is 12.5. The fourth-order valence-corrected chi connectivity index (χ4v) is 2.69. The van der Waals surface area contributed by atoms with Crippen molar-refractivity contribution in [3.8, 4) is 0 Å². The third-order valence-corrected chi connectivity index (χ3v) is 3.85. The summed E-state index contributed by atoms with van der Waals surface area (Å²) >= 11 is 0. The van der Waals surface area contributed by atoms with Crippen molar-refractivity contribution in [1.29, 1.82) is 0 Å². The van der Waals surface area contributed by atoms with Gasteiger partial charge in [-0.2, -0.15) is 0 Å². The number of rotatable bonds is 3. The van der Waals surface area contributed by atoms with Gasteiger partial charge < -0.3 is 14.9 Å². The molecule has 1 N–H and O–H groups in total. The Hall–Kier alpha value is -2.80. The van der Waals surface area contributed by atoms with Gasteiger partial charge in [0.1, 0.15) is 18.6 Å². The Kier molecular flexibility index (Phi) is 4.81. The second kappa shape index (κ2) is 7.18. The molecule has 0 saturated carbocycles. The molecule has 2 heterocycles. The molecule has 1 aliphatic heterocycles. The Balaban J connectivity index is 1.73. The molecule has 0 radical (unpaired) electrons. The van der Waals surface area contributed by atoms with Gasteiger partial charge >= 0.3 is 0 Å². The molecule has 1 aromatic carbocycles. The van der Waals surface area contributed by atoms with Gasteiger partial charge in [-0.25, -0.2) is 9.97 Å². The van der Waals surface area contributed by atoms with Crippen LogP contribution in [0.4, 0.5) is 0 Å². The van der Waals surface area contributed by atoms with E-state index in [1.807, 2.05) is 30.3 Å². The summed E-state index contributed by atoms with van der Waals surface area (Å²) < 4.78 is 0. The average Bonchev–Trinajstić information content (AvgIpc) is 2.74. The van der Waals surface area contributed by atoms with E-state index in [0.717, 1.165) is 5.56 Å². The van der Waals surface area contributed by atoms with E-state index in [9.17, 15) is 14.7 Å². The summed E-state index contributed by atoms with van der Waals surface area (Å²) in [4.78, 5) is 35.6. The molecule has 0 aliphatic carbocycles. The molecule has 1 fully saturated rings. The molecule has 7 heteroatoms. The molecule has 1 saturated heterocycles. The third kappa shape index (κ3) is 3.75. The minimum Gasteiger partial charge on any atom is -0.389 e. The van der Waals surface area contributed by atoms with E-state index in [4.69, 9.17) is 0 Å². The summed E-state index contributed by atoms with van der Waals surface area (Å²) in [5.41, 5.74) is 1.19. The van der Waals surface area contributed by atoms with Gasteiger partial charge in [0.05, 0.1) is 6.10 Å². The van der Waals surface area contributed by atoms with Gasteiger partial charge in [0.15, 0.2) is 0 Å². The standard InChI is InChI=1S/C17H18N4O3/c22-14-9-20(8-13-4-2-1-3-5-13)16(23)11-21(10-14)17(24)15-6-7-18-12-19-15/h1-7,12,14,22H,8-11H2. The van der Waals surface area contributed by atoms with Crippen molar-refractivity contribution >= 4 is 11.8 Å². The van der Waals surface area contributed by atoms with Crippen molar-refractivity contribution < 1.29 is 14.7 Å². The maximum Gasteiger partial charge on any atom is 0.273 e. The topological polar surface area (TPSA) is 86.6 Å². The molecule has 24 heavy (non-hydrogen) atoms. The van der Waals surface area contributed by atoms with Crippen LogP contribution in [0.5, 0.6) is 0 Å². The van der Waals surface area contributed by atoms with Crippen LogP contribution in [0.1, 0.15) is 16.1 Å². The fraction of sp³-hybridized carbons (Fsp3) is 0.294. The minimum absolute atomic E-state index is 0.0767. The smallest absolute Gasteiger partial charge is 0.273 e. The zero-order valence-electron chi connectivity index (χ0n) is 13.1. The van der Waals surface area contributed by atoms with Crippen molar-refractivity contribution in [3.05, 3.63) is 60.2 Å². The summed E-state index contributed by atoms with van der Waals surface area (Å²) in [5, 5.41) is 10.2. The molecule has 0 bridgehead atoms. The SMILES string of the molecule is O=C1CN(C(=O)c2ccncn2)CC(O)CN1Cc1ccccc1. The molecule has 1 aromatic heterocycles. The van der Waals surface area contributed by atoms with E-state index >= 15 is 0 Å². The van der Waals surface area contributed by atoms with E-state index < -0.39 is 6.10 Å².